The van der Waals surface area contributed by atoms with Crippen LogP contribution in [0.4, 0.5) is 11.6 Å². The van der Waals surface area contributed by atoms with E-state index in [1.54, 1.807) is 6.07 Å². The fourth-order valence-electron chi connectivity index (χ4n) is 2.30. The zero-order chi connectivity index (χ0) is 13.2. The van der Waals surface area contributed by atoms with Crippen LogP contribution in [0.5, 0.6) is 0 Å². The Morgan fingerprint density at radius 3 is 2.67 bits per heavy atom. The van der Waals surface area contributed by atoms with E-state index in [0.717, 1.165) is 31.5 Å². The van der Waals surface area contributed by atoms with E-state index in [9.17, 15) is 5.11 Å². The summed E-state index contributed by atoms with van der Waals surface area (Å²) in [6.45, 7) is 4.59. The normalized spacial score (nSPS) is 18.2. The largest absolute Gasteiger partial charge is 0.388 e. The lowest BCUT2D eigenvalue weighted by molar-refractivity contribution is 0.0614. The number of aromatic nitrogens is 2. The maximum Gasteiger partial charge on any atom is 0.135 e. The third kappa shape index (κ3) is 3.10. The van der Waals surface area contributed by atoms with Crippen molar-refractivity contribution in [3.63, 3.8) is 0 Å². The van der Waals surface area contributed by atoms with E-state index < -0.39 is 5.60 Å². The summed E-state index contributed by atoms with van der Waals surface area (Å²) in [5, 5.41) is 13.4. The standard InChI is InChI=1S/C13H22N4O/c1-9(2)12-16-10(14)7-11(17-12)15-8-13(18)5-3-4-6-13/h7,9,18H,3-6,8H2,1-2H3,(H3,14,15,16,17). The van der Waals surface area contributed by atoms with Gasteiger partial charge in [-0.05, 0) is 12.8 Å². The molecule has 1 saturated carbocycles. The Labute approximate surface area is 108 Å². The minimum Gasteiger partial charge on any atom is -0.388 e. The van der Waals surface area contributed by atoms with Crippen molar-refractivity contribution in [2.45, 2.75) is 51.0 Å². The smallest absolute Gasteiger partial charge is 0.135 e. The molecule has 5 heteroatoms. The van der Waals surface area contributed by atoms with Crippen molar-refractivity contribution in [3.8, 4) is 0 Å². The van der Waals surface area contributed by atoms with Gasteiger partial charge in [-0.25, -0.2) is 9.97 Å². The Hall–Kier alpha value is -1.36. The van der Waals surface area contributed by atoms with Crippen LogP contribution in [-0.4, -0.2) is 27.2 Å². The molecule has 0 amide bonds. The molecule has 1 fully saturated rings. The van der Waals surface area contributed by atoms with E-state index in [4.69, 9.17) is 5.73 Å². The summed E-state index contributed by atoms with van der Waals surface area (Å²) in [6.07, 6.45) is 3.91. The van der Waals surface area contributed by atoms with Gasteiger partial charge in [-0.1, -0.05) is 26.7 Å². The Morgan fingerprint density at radius 2 is 2.06 bits per heavy atom. The van der Waals surface area contributed by atoms with Crippen molar-refractivity contribution >= 4 is 11.6 Å². The van der Waals surface area contributed by atoms with Crippen LogP contribution < -0.4 is 11.1 Å². The third-order valence-corrected chi connectivity index (χ3v) is 3.41. The summed E-state index contributed by atoms with van der Waals surface area (Å²) in [7, 11) is 0. The van der Waals surface area contributed by atoms with Gasteiger partial charge < -0.3 is 16.2 Å². The average Bonchev–Trinajstić information content (AvgIpc) is 2.73. The highest BCUT2D eigenvalue weighted by Crippen LogP contribution is 2.29. The van der Waals surface area contributed by atoms with Crippen LogP contribution in [-0.2, 0) is 0 Å². The number of nitrogens with zero attached hydrogens (tertiary/aromatic N) is 2. The van der Waals surface area contributed by atoms with Crippen LogP contribution in [0.1, 0.15) is 51.3 Å². The van der Waals surface area contributed by atoms with Crippen LogP contribution in [0.2, 0.25) is 0 Å². The molecule has 18 heavy (non-hydrogen) atoms. The van der Waals surface area contributed by atoms with Crippen molar-refractivity contribution in [2.24, 2.45) is 0 Å². The Balaban J connectivity index is 2.04. The predicted octanol–water partition coefficient (Wildman–Crippen LogP) is 1.90. The highest BCUT2D eigenvalue weighted by Gasteiger charge is 2.30. The van der Waals surface area contributed by atoms with Gasteiger partial charge in [-0.3, -0.25) is 0 Å². The molecular weight excluding hydrogens is 228 g/mol. The fourth-order valence-corrected chi connectivity index (χ4v) is 2.30. The summed E-state index contributed by atoms with van der Waals surface area (Å²) < 4.78 is 0. The molecule has 1 aromatic heterocycles. The molecule has 1 heterocycles. The molecule has 100 valence electrons. The zero-order valence-electron chi connectivity index (χ0n) is 11.1. The second kappa shape index (κ2) is 5.10. The van der Waals surface area contributed by atoms with E-state index in [0.29, 0.717) is 18.2 Å². The molecule has 5 nitrogen and oxygen atoms in total. The van der Waals surface area contributed by atoms with Crippen molar-refractivity contribution in [1.29, 1.82) is 0 Å². The highest BCUT2D eigenvalue weighted by atomic mass is 16.3. The van der Waals surface area contributed by atoms with Crippen molar-refractivity contribution in [3.05, 3.63) is 11.9 Å². The van der Waals surface area contributed by atoms with E-state index >= 15 is 0 Å². The summed E-state index contributed by atoms with van der Waals surface area (Å²) >= 11 is 0. The Bertz CT molecular complexity index is 413. The molecule has 0 aliphatic heterocycles. The van der Waals surface area contributed by atoms with Gasteiger partial charge in [0.1, 0.15) is 17.5 Å². The maximum absolute atomic E-state index is 10.3. The SMILES string of the molecule is CC(C)c1nc(N)cc(NCC2(O)CCCC2)n1. The van der Waals surface area contributed by atoms with Gasteiger partial charge in [0.15, 0.2) is 0 Å². The van der Waals surface area contributed by atoms with Crippen LogP contribution >= 0.6 is 0 Å². The van der Waals surface area contributed by atoms with Crippen LogP contribution in [0.15, 0.2) is 6.07 Å². The van der Waals surface area contributed by atoms with Crippen molar-refractivity contribution < 1.29 is 5.11 Å². The lowest BCUT2D eigenvalue weighted by atomic mass is 10.0. The molecular formula is C13H22N4O. The predicted molar refractivity (Wildman–Crippen MR) is 72.4 cm³/mol. The van der Waals surface area contributed by atoms with Gasteiger partial charge in [0.2, 0.25) is 0 Å². The molecule has 0 bridgehead atoms. The maximum atomic E-state index is 10.3. The van der Waals surface area contributed by atoms with E-state index in [2.05, 4.69) is 15.3 Å². The molecule has 0 unspecified atom stereocenters. The molecule has 2 rings (SSSR count). The van der Waals surface area contributed by atoms with Crippen LogP contribution in [0, 0.1) is 0 Å². The number of hydrogen-bond donors (Lipinski definition) is 3. The zero-order valence-corrected chi connectivity index (χ0v) is 11.1. The molecule has 0 saturated heterocycles. The Kier molecular flexibility index (Phi) is 3.71. The summed E-state index contributed by atoms with van der Waals surface area (Å²) in [6, 6.07) is 1.71. The second-order valence-electron chi connectivity index (χ2n) is 5.48. The first-order chi connectivity index (χ1) is 8.48. The summed E-state index contributed by atoms with van der Waals surface area (Å²) in [5.74, 6) is 2.14. The molecule has 0 atom stereocenters. The molecule has 0 spiro atoms. The number of aliphatic hydroxyl groups is 1. The minimum absolute atomic E-state index is 0.239. The molecule has 0 aromatic carbocycles. The molecule has 1 aliphatic rings. The lowest BCUT2D eigenvalue weighted by Gasteiger charge is -2.23. The van der Waals surface area contributed by atoms with E-state index in [1.807, 2.05) is 13.8 Å². The third-order valence-electron chi connectivity index (χ3n) is 3.41. The number of nitrogens with one attached hydrogen (secondary N) is 1. The first kappa shape index (κ1) is 13.1. The van der Waals surface area contributed by atoms with Gasteiger partial charge in [-0.2, -0.15) is 0 Å². The van der Waals surface area contributed by atoms with E-state index in [-0.39, 0.29) is 5.92 Å². The molecule has 1 aliphatic carbocycles. The minimum atomic E-state index is -0.586. The van der Waals surface area contributed by atoms with Crippen LogP contribution in [0.3, 0.4) is 0 Å². The first-order valence-corrected chi connectivity index (χ1v) is 6.59. The average molecular weight is 250 g/mol. The number of hydrogen-bond acceptors (Lipinski definition) is 5. The number of rotatable bonds is 4. The van der Waals surface area contributed by atoms with Crippen LogP contribution in [0.25, 0.3) is 0 Å². The second-order valence-corrected chi connectivity index (χ2v) is 5.48. The monoisotopic (exact) mass is 250 g/mol. The number of anilines is 2. The van der Waals surface area contributed by atoms with Gasteiger partial charge in [0.05, 0.1) is 5.60 Å². The molecule has 1 aromatic rings. The first-order valence-electron chi connectivity index (χ1n) is 6.59. The lowest BCUT2D eigenvalue weighted by Crippen LogP contribution is -2.33. The molecule has 4 N–H and O–H groups in total. The fraction of sp³-hybridized carbons (Fsp3) is 0.692. The van der Waals surface area contributed by atoms with Gasteiger partial charge in [0, 0.05) is 18.5 Å². The van der Waals surface area contributed by atoms with Gasteiger partial charge >= 0.3 is 0 Å². The van der Waals surface area contributed by atoms with Crippen molar-refractivity contribution in [1.82, 2.24) is 9.97 Å². The molecule has 0 radical (unpaired) electrons. The van der Waals surface area contributed by atoms with Crippen molar-refractivity contribution in [2.75, 3.05) is 17.6 Å². The number of nitrogens with two attached hydrogens (primary N) is 1. The summed E-state index contributed by atoms with van der Waals surface area (Å²) in [5.41, 5.74) is 5.17. The van der Waals surface area contributed by atoms with E-state index in [1.165, 1.54) is 0 Å². The van der Waals surface area contributed by atoms with Gasteiger partial charge in [-0.15, -0.1) is 0 Å². The quantitative estimate of drug-likeness (QED) is 0.760. The summed E-state index contributed by atoms with van der Waals surface area (Å²) in [4.78, 5) is 8.61. The topological polar surface area (TPSA) is 84.1 Å². The highest BCUT2D eigenvalue weighted by molar-refractivity contribution is 5.45. The number of nitrogen functional groups attached to an aromatic ring is 1. The Morgan fingerprint density at radius 1 is 1.39 bits per heavy atom. The van der Waals surface area contributed by atoms with Gasteiger partial charge in [0.25, 0.3) is 0 Å².